The number of nitrogens with zero attached hydrogens (tertiary/aromatic N) is 3. The number of carboxylic acids is 1. The minimum atomic E-state index is -1.20. The first-order valence-corrected chi connectivity index (χ1v) is 8.03. The van der Waals surface area contributed by atoms with Gasteiger partial charge in [0.05, 0.1) is 11.4 Å². The standard InChI is InChI=1S/C18H19N5O3/c1-10-15(11(2)21-20-10)16(18(25)26)19-17(24)14-9-13(22-23(14)3)12-7-5-4-6-8-12/h4-9,16H,1-3H3,(H,19,24)(H,20,21)(H,25,26). The van der Waals surface area contributed by atoms with Gasteiger partial charge in [0.1, 0.15) is 5.69 Å². The maximum absolute atomic E-state index is 12.7. The van der Waals surface area contributed by atoms with E-state index in [-0.39, 0.29) is 5.69 Å². The molecule has 0 aliphatic rings. The molecule has 1 atom stereocenters. The summed E-state index contributed by atoms with van der Waals surface area (Å²) >= 11 is 0. The molecular formula is C18H19N5O3. The number of aliphatic carboxylic acids is 1. The molecule has 3 rings (SSSR count). The Labute approximate surface area is 149 Å². The second kappa shape index (κ2) is 6.83. The largest absolute Gasteiger partial charge is 0.479 e. The summed E-state index contributed by atoms with van der Waals surface area (Å²) in [4.78, 5) is 24.4. The third-order valence-electron chi connectivity index (χ3n) is 4.18. The predicted octanol–water partition coefficient (Wildman–Crippen LogP) is 1.98. The summed E-state index contributed by atoms with van der Waals surface area (Å²) in [5.41, 5.74) is 3.37. The van der Waals surface area contributed by atoms with Gasteiger partial charge in [0.25, 0.3) is 5.91 Å². The highest BCUT2D eigenvalue weighted by molar-refractivity contribution is 5.96. The summed E-state index contributed by atoms with van der Waals surface area (Å²) in [5.74, 6) is -1.68. The number of hydrogen-bond acceptors (Lipinski definition) is 4. The highest BCUT2D eigenvalue weighted by Gasteiger charge is 2.28. The molecule has 3 aromatic rings. The zero-order valence-corrected chi connectivity index (χ0v) is 14.6. The molecule has 0 saturated carbocycles. The average molecular weight is 353 g/mol. The quantitative estimate of drug-likeness (QED) is 0.649. The van der Waals surface area contributed by atoms with Crippen molar-refractivity contribution in [3.05, 3.63) is 59.0 Å². The Morgan fingerprint density at radius 1 is 1.23 bits per heavy atom. The molecule has 1 unspecified atom stereocenters. The van der Waals surface area contributed by atoms with E-state index in [9.17, 15) is 14.7 Å². The lowest BCUT2D eigenvalue weighted by atomic mass is 10.0. The van der Waals surface area contributed by atoms with E-state index in [1.807, 2.05) is 30.3 Å². The van der Waals surface area contributed by atoms with Gasteiger partial charge in [-0.3, -0.25) is 14.6 Å². The molecule has 3 N–H and O–H groups in total. The molecule has 0 aliphatic heterocycles. The van der Waals surface area contributed by atoms with Crippen molar-refractivity contribution in [2.24, 2.45) is 7.05 Å². The fourth-order valence-electron chi connectivity index (χ4n) is 2.88. The van der Waals surface area contributed by atoms with Gasteiger partial charge in [-0.1, -0.05) is 30.3 Å². The SMILES string of the molecule is Cc1n[nH]c(C)c1C(NC(=O)c1cc(-c2ccccc2)nn1C)C(=O)O. The summed E-state index contributed by atoms with van der Waals surface area (Å²) < 4.78 is 1.44. The van der Waals surface area contributed by atoms with Crippen LogP contribution in [0.3, 0.4) is 0 Å². The third kappa shape index (κ3) is 3.21. The molecule has 0 saturated heterocycles. The molecule has 8 nitrogen and oxygen atoms in total. The van der Waals surface area contributed by atoms with E-state index in [0.29, 0.717) is 22.6 Å². The Balaban J connectivity index is 1.90. The van der Waals surface area contributed by atoms with E-state index < -0.39 is 17.9 Å². The first-order valence-electron chi connectivity index (χ1n) is 8.03. The van der Waals surface area contributed by atoms with Gasteiger partial charge < -0.3 is 10.4 Å². The third-order valence-corrected chi connectivity index (χ3v) is 4.18. The number of nitrogens with one attached hydrogen (secondary N) is 2. The van der Waals surface area contributed by atoms with Crippen LogP contribution < -0.4 is 5.32 Å². The van der Waals surface area contributed by atoms with Crippen molar-refractivity contribution in [2.75, 3.05) is 0 Å². The van der Waals surface area contributed by atoms with E-state index in [1.165, 1.54) is 4.68 Å². The van der Waals surface area contributed by atoms with Crippen LogP contribution in [0.4, 0.5) is 0 Å². The Hall–Kier alpha value is -3.42. The lowest BCUT2D eigenvalue weighted by molar-refractivity contribution is -0.139. The predicted molar refractivity (Wildman–Crippen MR) is 94.5 cm³/mol. The van der Waals surface area contributed by atoms with Crippen LogP contribution in [0.1, 0.15) is 33.5 Å². The zero-order valence-electron chi connectivity index (χ0n) is 14.6. The van der Waals surface area contributed by atoms with Gasteiger partial charge in [-0.15, -0.1) is 0 Å². The summed E-state index contributed by atoms with van der Waals surface area (Å²) in [6.07, 6.45) is 0. The lowest BCUT2D eigenvalue weighted by Gasteiger charge is -2.15. The molecule has 0 radical (unpaired) electrons. The summed E-state index contributed by atoms with van der Waals surface area (Å²) in [6, 6.07) is 9.89. The number of rotatable bonds is 5. The van der Waals surface area contributed by atoms with E-state index >= 15 is 0 Å². The topological polar surface area (TPSA) is 113 Å². The second-order valence-corrected chi connectivity index (χ2v) is 6.00. The molecule has 0 spiro atoms. The number of aromatic amines is 1. The van der Waals surface area contributed by atoms with Crippen LogP contribution in [0.2, 0.25) is 0 Å². The number of aromatic nitrogens is 4. The van der Waals surface area contributed by atoms with Crippen LogP contribution in [0.15, 0.2) is 36.4 Å². The van der Waals surface area contributed by atoms with Crippen LogP contribution in [0.5, 0.6) is 0 Å². The normalized spacial score (nSPS) is 12.0. The van der Waals surface area contributed by atoms with E-state index in [0.717, 1.165) is 5.56 Å². The number of benzene rings is 1. The van der Waals surface area contributed by atoms with Gasteiger partial charge in [-0.05, 0) is 19.9 Å². The number of hydrogen-bond donors (Lipinski definition) is 3. The Morgan fingerprint density at radius 3 is 2.50 bits per heavy atom. The molecule has 0 bridgehead atoms. The molecule has 0 aliphatic carbocycles. The van der Waals surface area contributed by atoms with Crippen LogP contribution in [-0.2, 0) is 11.8 Å². The summed E-state index contributed by atoms with van der Waals surface area (Å²) in [7, 11) is 1.64. The number of aryl methyl sites for hydroxylation is 3. The van der Waals surface area contributed by atoms with Crippen molar-refractivity contribution in [3.63, 3.8) is 0 Å². The van der Waals surface area contributed by atoms with Crippen LogP contribution in [-0.4, -0.2) is 37.0 Å². The van der Waals surface area contributed by atoms with Crippen molar-refractivity contribution in [2.45, 2.75) is 19.9 Å². The van der Waals surface area contributed by atoms with E-state index in [2.05, 4.69) is 20.6 Å². The highest BCUT2D eigenvalue weighted by Crippen LogP contribution is 2.22. The first kappa shape index (κ1) is 17.4. The van der Waals surface area contributed by atoms with Gasteiger partial charge in [0, 0.05) is 23.9 Å². The Morgan fingerprint density at radius 2 is 1.92 bits per heavy atom. The van der Waals surface area contributed by atoms with Crippen LogP contribution in [0.25, 0.3) is 11.3 Å². The molecule has 1 amide bonds. The van der Waals surface area contributed by atoms with E-state index in [1.54, 1.807) is 27.0 Å². The molecule has 2 aromatic heterocycles. The minimum absolute atomic E-state index is 0.272. The molecule has 26 heavy (non-hydrogen) atoms. The maximum Gasteiger partial charge on any atom is 0.331 e. The number of carbonyl (C=O) groups excluding carboxylic acids is 1. The van der Waals surface area contributed by atoms with Gasteiger partial charge in [0.15, 0.2) is 6.04 Å². The molecular weight excluding hydrogens is 334 g/mol. The van der Waals surface area contributed by atoms with Crippen molar-refractivity contribution >= 4 is 11.9 Å². The van der Waals surface area contributed by atoms with Crippen molar-refractivity contribution in [3.8, 4) is 11.3 Å². The Kier molecular flexibility index (Phi) is 4.57. The van der Waals surface area contributed by atoms with E-state index in [4.69, 9.17) is 0 Å². The smallest absolute Gasteiger partial charge is 0.331 e. The van der Waals surface area contributed by atoms with Crippen molar-refractivity contribution in [1.29, 1.82) is 0 Å². The van der Waals surface area contributed by atoms with Crippen LogP contribution >= 0.6 is 0 Å². The fourth-order valence-corrected chi connectivity index (χ4v) is 2.88. The number of H-pyrrole nitrogens is 1. The number of carboxylic acid groups (broad SMARTS) is 1. The van der Waals surface area contributed by atoms with Gasteiger partial charge >= 0.3 is 5.97 Å². The minimum Gasteiger partial charge on any atom is -0.479 e. The molecule has 0 fully saturated rings. The molecule has 1 aromatic carbocycles. The second-order valence-electron chi connectivity index (χ2n) is 6.00. The maximum atomic E-state index is 12.7. The summed E-state index contributed by atoms with van der Waals surface area (Å²) in [5, 5.41) is 23.2. The highest BCUT2D eigenvalue weighted by atomic mass is 16.4. The van der Waals surface area contributed by atoms with Gasteiger partial charge in [-0.2, -0.15) is 10.2 Å². The zero-order chi connectivity index (χ0) is 18.8. The number of amides is 1. The summed E-state index contributed by atoms with van der Waals surface area (Å²) in [6.45, 7) is 3.41. The lowest BCUT2D eigenvalue weighted by Crippen LogP contribution is -2.35. The van der Waals surface area contributed by atoms with Gasteiger partial charge in [0.2, 0.25) is 0 Å². The monoisotopic (exact) mass is 353 g/mol. The van der Waals surface area contributed by atoms with Gasteiger partial charge in [-0.25, -0.2) is 4.79 Å². The van der Waals surface area contributed by atoms with Crippen LogP contribution in [0, 0.1) is 13.8 Å². The molecule has 2 heterocycles. The Bertz CT molecular complexity index is 939. The van der Waals surface area contributed by atoms with Crippen molar-refractivity contribution in [1.82, 2.24) is 25.3 Å². The average Bonchev–Trinajstić information content (AvgIpc) is 3.16. The molecule has 8 heteroatoms. The van der Waals surface area contributed by atoms with Crippen molar-refractivity contribution < 1.29 is 14.7 Å². The first-order chi connectivity index (χ1) is 12.4. The number of carbonyl (C=O) groups is 2. The molecule has 134 valence electrons. The fraction of sp³-hybridized carbons (Fsp3) is 0.222.